The van der Waals surface area contributed by atoms with Crippen LogP contribution in [-0.2, 0) is 9.53 Å². The fourth-order valence-corrected chi connectivity index (χ4v) is 2.79. The van der Waals surface area contributed by atoms with Crippen LogP contribution in [0, 0.1) is 0 Å². The van der Waals surface area contributed by atoms with Crippen molar-refractivity contribution in [2.45, 2.75) is 13.3 Å². The molecule has 6 heteroatoms. The SMILES string of the molecule is CCCN(CC(=O)OC)C(=O)c1ccc(Br)cc1Br. The van der Waals surface area contributed by atoms with Crippen LogP contribution < -0.4 is 0 Å². The summed E-state index contributed by atoms with van der Waals surface area (Å²) in [5, 5.41) is 0. The molecule has 1 amide bonds. The highest BCUT2D eigenvalue weighted by Gasteiger charge is 2.20. The Morgan fingerprint density at radius 1 is 1.32 bits per heavy atom. The van der Waals surface area contributed by atoms with E-state index in [4.69, 9.17) is 0 Å². The van der Waals surface area contributed by atoms with Gasteiger partial charge in [0.05, 0.1) is 12.7 Å². The molecular weight excluding hydrogens is 378 g/mol. The van der Waals surface area contributed by atoms with Gasteiger partial charge in [-0.15, -0.1) is 0 Å². The van der Waals surface area contributed by atoms with Gasteiger partial charge in [0.2, 0.25) is 0 Å². The lowest BCUT2D eigenvalue weighted by Crippen LogP contribution is -2.37. The molecule has 0 spiro atoms. The van der Waals surface area contributed by atoms with Crippen molar-refractivity contribution >= 4 is 43.7 Å². The smallest absolute Gasteiger partial charge is 0.325 e. The fraction of sp³-hybridized carbons (Fsp3) is 0.385. The summed E-state index contributed by atoms with van der Waals surface area (Å²) in [5.41, 5.74) is 0.528. The van der Waals surface area contributed by atoms with Gasteiger partial charge in [0, 0.05) is 15.5 Å². The molecule has 4 nitrogen and oxygen atoms in total. The molecular formula is C13H15Br2NO3. The molecule has 1 rings (SSSR count). The number of methoxy groups -OCH3 is 1. The fourth-order valence-electron chi connectivity index (χ4n) is 1.58. The third-order valence-corrected chi connectivity index (χ3v) is 3.64. The van der Waals surface area contributed by atoms with E-state index in [0.29, 0.717) is 16.6 Å². The first-order valence-corrected chi connectivity index (χ1v) is 7.39. The predicted molar refractivity (Wildman–Crippen MR) is 80.1 cm³/mol. The van der Waals surface area contributed by atoms with E-state index in [1.54, 1.807) is 18.2 Å². The monoisotopic (exact) mass is 391 g/mol. The van der Waals surface area contributed by atoms with Gasteiger partial charge in [-0.3, -0.25) is 9.59 Å². The molecule has 1 aromatic carbocycles. The van der Waals surface area contributed by atoms with Gasteiger partial charge in [-0.05, 0) is 40.5 Å². The molecule has 0 unspecified atom stereocenters. The largest absolute Gasteiger partial charge is 0.468 e. The summed E-state index contributed by atoms with van der Waals surface area (Å²) >= 11 is 6.69. The summed E-state index contributed by atoms with van der Waals surface area (Å²) in [6.45, 7) is 2.43. The topological polar surface area (TPSA) is 46.6 Å². The Balaban J connectivity index is 2.95. The number of hydrogen-bond donors (Lipinski definition) is 0. The molecule has 0 aromatic heterocycles. The van der Waals surface area contributed by atoms with Gasteiger partial charge in [0.25, 0.3) is 5.91 Å². The van der Waals surface area contributed by atoms with Crippen LogP contribution in [0.25, 0.3) is 0 Å². The Bertz CT molecular complexity index is 477. The summed E-state index contributed by atoms with van der Waals surface area (Å²) < 4.78 is 6.18. The van der Waals surface area contributed by atoms with Crippen LogP contribution in [0.1, 0.15) is 23.7 Å². The molecule has 1 aromatic rings. The zero-order chi connectivity index (χ0) is 14.4. The first kappa shape index (κ1) is 16.2. The van der Waals surface area contributed by atoms with Gasteiger partial charge in [0.1, 0.15) is 6.54 Å². The van der Waals surface area contributed by atoms with Crippen LogP contribution in [0.5, 0.6) is 0 Å². The first-order chi connectivity index (χ1) is 8.99. The zero-order valence-corrected chi connectivity index (χ0v) is 14.0. The number of halogens is 2. The highest BCUT2D eigenvalue weighted by Crippen LogP contribution is 2.23. The highest BCUT2D eigenvalue weighted by atomic mass is 79.9. The lowest BCUT2D eigenvalue weighted by molar-refractivity contribution is -0.141. The molecule has 0 radical (unpaired) electrons. The van der Waals surface area contributed by atoms with E-state index in [2.05, 4.69) is 36.6 Å². The Hall–Kier alpha value is -0.880. The molecule has 0 aliphatic carbocycles. The summed E-state index contributed by atoms with van der Waals surface area (Å²) in [7, 11) is 1.31. The lowest BCUT2D eigenvalue weighted by Gasteiger charge is -2.21. The van der Waals surface area contributed by atoms with Crippen molar-refractivity contribution < 1.29 is 14.3 Å². The van der Waals surface area contributed by atoms with E-state index in [9.17, 15) is 9.59 Å². The van der Waals surface area contributed by atoms with E-state index in [1.165, 1.54) is 12.0 Å². The van der Waals surface area contributed by atoms with Gasteiger partial charge < -0.3 is 9.64 Å². The van der Waals surface area contributed by atoms with E-state index < -0.39 is 5.97 Å². The van der Waals surface area contributed by atoms with Crippen LogP contribution in [0.3, 0.4) is 0 Å². The molecule has 0 saturated carbocycles. The Labute approximate surface area is 129 Å². The van der Waals surface area contributed by atoms with Crippen molar-refractivity contribution in [1.82, 2.24) is 4.90 Å². The Morgan fingerprint density at radius 2 is 2.00 bits per heavy atom. The molecule has 0 heterocycles. The van der Waals surface area contributed by atoms with Crippen molar-refractivity contribution in [2.75, 3.05) is 20.2 Å². The third-order valence-electron chi connectivity index (χ3n) is 2.49. The van der Waals surface area contributed by atoms with Gasteiger partial charge in [-0.25, -0.2) is 0 Å². The minimum absolute atomic E-state index is 0.0360. The standard InChI is InChI=1S/C13H15Br2NO3/c1-3-6-16(8-12(17)19-2)13(18)10-5-4-9(14)7-11(10)15/h4-5,7H,3,6,8H2,1-2H3. The Morgan fingerprint density at radius 3 is 2.53 bits per heavy atom. The lowest BCUT2D eigenvalue weighted by atomic mass is 10.2. The van der Waals surface area contributed by atoms with Gasteiger partial charge >= 0.3 is 5.97 Å². The van der Waals surface area contributed by atoms with Crippen molar-refractivity contribution in [1.29, 1.82) is 0 Å². The van der Waals surface area contributed by atoms with E-state index in [-0.39, 0.29) is 12.5 Å². The zero-order valence-electron chi connectivity index (χ0n) is 10.8. The van der Waals surface area contributed by atoms with E-state index >= 15 is 0 Å². The van der Waals surface area contributed by atoms with Crippen LogP contribution in [0.15, 0.2) is 27.1 Å². The second kappa shape index (κ2) is 7.65. The number of carbonyl (C=O) groups excluding carboxylic acids is 2. The Kier molecular flexibility index (Phi) is 6.51. The molecule has 0 N–H and O–H groups in total. The van der Waals surface area contributed by atoms with Crippen molar-refractivity contribution in [3.8, 4) is 0 Å². The first-order valence-electron chi connectivity index (χ1n) is 5.80. The third kappa shape index (κ3) is 4.62. The van der Waals surface area contributed by atoms with Crippen molar-refractivity contribution in [3.63, 3.8) is 0 Å². The average Bonchev–Trinajstić information content (AvgIpc) is 2.37. The minimum Gasteiger partial charge on any atom is -0.468 e. The number of carbonyl (C=O) groups is 2. The van der Waals surface area contributed by atoms with Crippen molar-refractivity contribution in [2.24, 2.45) is 0 Å². The highest BCUT2D eigenvalue weighted by molar-refractivity contribution is 9.11. The van der Waals surface area contributed by atoms with Gasteiger partial charge in [-0.1, -0.05) is 22.9 Å². The van der Waals surface area contributed by atoms with Crippen molar-refractivity contribution in [3.05, 3.63) is 32.7 Å². The number of nitrogens with zero attached hydrogens (tertiary/aromatic N) is 1. The number of esters is 1. The molecule has 0 fully saturated rings. The maximum absolute atomic E-state index is 12.4. The minimum atomic E-state index is -0.421. The maximum Gasteiger partial charge on any atom is 0.325 e. The van der Waals surface area contributed by atoms with Crippen LogP contribution in [0.4, 0.5) is 0 Å². The number of benzene rings is 1. The van der Waals surface area contributed by atoms with E-state index in [0.717, 1.165) is 10.9 Å². The predicted octanol–water partition coefficient (Wildman–Crippen LogP) is 3.24. The summed E-state index contributed by atoms with van der Waals surface area (Å²) in [6.07, 6.45) is 0.775. The second-order valence-corrected chi connectivity index (χ2v) is 5.70. The number of rotatable bonds is 5. The summed E-state index contributed by atoms with van der Waals surface area (Å²) in [6, 6.07) is 5.31. The van der Waals surface area contributed by atoms with Crippen LogP contribution >= 0.6 is 31.9 Å². The maximum atomic E-state index is 12.4. The van der Waals surface area contributed by atoms with Gasteiger partial charge in [-0.2, -0.15) is 0 Å². The molecule has 0 saturated heterocycles. The van der Waals surface area contributed by atoms with E-state index in [1.807, 2.05) is 6.92 Å². The molecule has 0 bridgehead atoms. The molecule has 104 valence electrons. The molecule has 0 atom stereocenters. The number of amides is 1. The molecule has 0 aliphatic rings. The van der Waals surface area contributed by atoms with Gasteiger partial charge in [0.15, 0.2) is 0 Å². The quantitative estimate of drug-likeness (QED) is 0.722. The number of ether oxygens (including phenoxy) is 1. The van der Waals surface area contributed by atoms with Crippen LogP contribution in [0.2, 0.25) is 0 Å². The normalized spacial score (nSPS) is 10.1. The number of hydrogen-bond acceptors (Lipinski definition) is 3. The summed E-state index contributed by atoms with van der Waals surface area (Å²) in [5.74, 6) is -0.610. The van der Waals surface area contributed by atoms with Crippen LogP contribution in [-0.4, -0.2) is 37.0 Å². The second-order valence-electron chi connectivity index (χ2n) is 3.93. The molecule has 0 aliphatic heterocycles. The average molecular weight is 393 g/mol. The molecule has 19 heavy (non-hydrogen) atoms. The summed E-state index contributed by atoms with van der Waals surface area (Å²) in [4.78, 5) is 25.2.